The van der Waals surface area contributed by atoms with Crippen LogP contribution in [0.2, 0.25) is 0 Å². The van der Waals surface area contributed by atoms with Crippen LogP contribution in [-0.2, 0) is 16.9 Å². The first-order valence-corrected chi connectivity index (χ1v) is 10.5. The number of rotatable bonds is 5. The van der Waals surface area contributed by atoms with Gasteiger partial charge in [0.25, 0.3) is 11.8 Å². The quantitative estimate of drug-likeness (QED) is 0.572. The van der Waals surface area contributed by atoms with Crippen LogP contribution in [-0.4, -0.2) is 41.4 Å². The molecule has 1 atom stereocenters. The van der Waals surface area contributed by atoms with E-state index < -0.39 is 17.5 Å². The maximum Gasteiger partial charge on any atom is 0.322 e. The minimum atomic E-state index is -1.45. The van der Waals surface area contributed by atoms with E-state index in [0.717, 1.165) is 11.1 Å². The summed E-state index contributed by atoms with van der Waals surface area (Å²) >= 11 is 0. The number of nitrogens with zero attached hydrogens (tertiary/aromatic N) is 3. The number of benzene rings is 2. The van der Waals surface area contributed by atoms with Crippen LogP contribution in [0.3, 0.4) is 0 Å². The summed E-state index contributed by atoms with van der Waals surface area (Å²) in [6.07, 6.45) is 1.55. The largest absolute Gasteiger partial charge is 0.497 e. The van der Waals surface area contributed by atoms with Crippen molar-refractivity contribution >= 4 is 17.8 Å². The number of nitriles is 1. The minimum absolute atomic E-state index is 0.0455. The van der Waals surface area contributed by atoms with E-state index in [1.165, 1.54) is 12.0 Å². The van der Waals surface area contributed by atoms with Crippen molar-refractivity contribution in [2.75, 3.05) is 13.7 Å². The fraction of sp³-hybridized carbons (Fsp3) is 0.160. The van der Waals surface area contributed by atoms with Gasteiger partial charge in [0.15, 0.2) is 5.54 Å². The van der Waals surface area contributed by atoms with E-state index >= 15 is 0 Å². The molecule has 0 unspecified atom stereocenters. The van der Waals surface area contributed by atoms with Gasteiger partial charge in [-0.2, -0.15) is 5.26 Å². The highest BCUT2D eigenvalue weighted by atomic mass is 16.5. The number of fused-ring (bicyclic) bond motifs is 1. The van der Waals surface area contributed by atoms with Gasteiger partial charge in [-0.3, -0.25) is 14.9 Å². The summed E-state index contributed by atoms with van der Waals surface area (Å²) in [5.41, 5.74) is 2.08. The van der Waals surface area contributed by atoms with E-state index in [2.05, 4.69) is 21.7 Å². The third-order valence-corrected chi connectivity index (χ3v) is 6.17. The Hall–Kier alpha value is -4.71. The number of amides is 4. The highest BCUT2D eigenvalue weighted by molar-refractivity contribution is 6.08. The first-order chi connectivity index (χ1) is 16.4. The maximum atomic E-state index is 13.1. The second-order valence-corrected chi connectivity index (χ2v) is 8.09. The number of imide groups is 1. The molecule has 0 saturated carbocycles. The van der Waals surface area contributed by atoms with Crippen LogP contribution in [0.15, 0.2) is 60.8 Å². The average Bonchev–Trinajstić information content (AvgIpc) is 3.33. The van der Waals surface area contributed by atoms with Crippen molar-refractivity contribution in [1.29, 1.82) is 5.26 Å². The number of hydrogen-bond acceptors (Lipinski definition) is 6. The zero-order valence-electron chi connectivity index (χ0n) is 18.2. The van der Waals surface area contributed by atoms with Crippen molar-refractivity contribution in [3.63, 3.8) is 0 Å². The predicted octanol–water partition coefficient (Wildman–Crippen LogP) is 2.32. The van der Waals surface area contributed by atoms with Gasteiger partial charge < -0.3 is 15.0 Å². The van der Waals surface area contributed by atoms with Crippen LogP contribution < -0.4 is 15.4 Å². The molecule has 5 rings (SSSR count). The highest BCUT2D eigenvalue weighted by Gasteiger charge is 2.50. The van der Waals surface area contributed by atoms with Crippen molar-refractivity contribution in [2.45, 2.75) is 12.1 Å². The molecular weight excluding hydrogens is 434 g/mol. The van der Waals surface area contributed by atoms with Gasteiger partial charge in [0.05, 0.1) is 13.7 Å². The Balaban J connectivity index is 1.49. The lowest BCUT2D eigenvalue weighted by atomic mass is 9.88. The molecule has 2 N–H and O–H groups in total. The van der Waals surface area contributed by atoms with Crippen LogP contribution in [0.5, 0.6) is 5.75 Å². The first kappa shape index (κ1) is 21.2. The third kappa shape index (κ3) is 3.33. The molecule has 3 heterocycles. The lowest BCUT2D eigenvalue weighted by Gasteiger charge is -2.31. The number of hydrogen-bond donors (Lipinski definition) is 2. The molecule has 34 heavy (non-hydrogen) atoms. The zero-order chi connectivity index (χ0) is 23.9. The summed E-state index contributed by atoms with van der Waals surface area (Å²) < 4.78 is 5.22. The topological polar surface area (TPSA) is 124 Å². The molecule has 2 aliphatic rings. The van der Waals surface area contributed by atoms with E-state index in [1.54, 1.807) is 54.7 Å². The number of nitrogens with one attached hydrogen (secondary N) is 2. The number of ether oxygens (including phenoxy) is 1. The van der Waals surface area contributed by atoms with Gasteiger partial charge in [0.1, 0.15) is 17.5 Å². The molecule has 168 valence electrons. The molecule has 2 aliphatic heterocycles. The molecule has 0 radical (unpaired) electrons. The second kappa shape index (κ2) is 8.01. The Labute approximate surface area is 195 Å². The first-order valence-electron chi connectivity index (χ1n) is 10.5. The molecule has 0 bridgehead atoms. The fourth-order valence-corrected chi connectivity index (χ4v) is 4.44. The van der Waals surface area contributed by atoms with Gasteiger partial charge in [0.2, 0.25) is 0 Å². The van der Waals surface area contributed by atoms with E-state index in [4.69, 9.17) is 4.74 Å². The van der Waals surface area contributed by atoms with E-state index in [0.29, 0.717) is 29.0 Å². The Bertz CT molecular complexity index is 1380. The Morgan fingerprint density at radius 2 is 1.91 bits per heavy atom. The number of carbonyl (C=O) groups is 3. The molecule has 9 nitrogen and oxygen atoms in total. The number of urea groups is 1. The van der Waals surface area contributed by atoms with Crippen molar-refractivity contribution in [3.05, 3.63) is 83.2 Å². The summed E-state index contributed by atoms with van der Waals surface area (Å²) in [6, 6.07) is 17.2. The molecule has 1 fully saturated rings. The Kier molecular flexibility index (Phi) is 4.98. The zero-order valence-corrected chi connectivity index (χ0v) is 18.2. The molecule has 0 aliphatic carbocycles. The normalized spacial score (nSPS) is 18.8. The SMILES string of the molecule is COc1ccc2c(c1)C(=O)N(C[C@@]1(c3ccc(-c4cccnc4C#N)cc3)NC(=O)NC1=O)C2. The standard InChI is InChI=1S/C25H19N5O4/c1-34-18-9-6-16-13-30(22(31)20(16)11-18)14-25(23(32)28-24(33)29-25)17-7-4-15(5-8-17)19-3-2-10-27-21(19)12-26/h2-11H,13-14H2,1H3,(H2,28,29,32,33)/t25-/m0/s1. The van der Waals surface area contributed by atoms with Gasteiger partial charge in [-0.1, -0.05) is 30.3 Å². The van der Waals surface area contributed by atoms with Crippen LogP contribution >= 0.6 is 0 Å². The summed E-state index contributed by atoms with van der Waals surface area (Å²) in [4.78, 5) is 43.9. The van der Waals surface area contributed by atoms with E-state index in [9.17, 15) is 19.6 Å². The second-order valence-electron chi connectivity index (χ2n) is 8.09. The summed E-state index contributed by atoms with van der Waals surface area (Å²) in [5, 5.41) is 14.4. The predicted molar refractivity (Wildman–Crippen MR) is 120 cm³/mol. The number of aromatic nitrogens is 1. The van der Waals surface area contributed by atoms with Crippen LogP contribution in [0.4, 0.5) is 4.79 Å². The lowest BCUT2D eigenvalue weighted by Crippen LogP contribution is -2.52. The monoisotopic (exact) mass is 453 g/mol. The summed E-state index contributed by atoms with van der Waals surface area (Å²) in [7, 11) is 1.53. The number of pyridine rings is 1. The van der Waals surface area contributed by atoms with Crippen molar-refractivity contribution in [1.82, 2.24) is 20.5 Å². The molecule has 1 aromatic heterocycles. The third-order valence-electron chi connectivity index (χ3n) is 6.17. The Morgan fingerprint density at radius 3 is 2.59 bits per heavy atom. The molecule has 2 aromatic carbocycles. The van der Waals surface area contributed by atoms with Crippen molar-refractivity contribution < 1.29 is 19.1 Å². The van der Waals surface area contributed by atoms with Gasteiger partial charge in [0, 0.05) is 23.9 Å². The summed E-state index contributed by atoms with van der Waals surface area (Å²) in [6.45, 7) is 0.262. The Morgan fingerprint density at radius 1 is 1.12 bits per heavy atom. The molecule has 0 spiro atoms. The van der Waals surface area contributed by atoms with Gasteiger partial charge in [-0.15, -0.1) is 0 Å². The highest BCUT2D eigenvalue weighted by Crippen LogP contribution is 2.33. The fourth-order valence-electron chi connectivity index (χ4n) is 4.44. The van der Waals surface area contributed by atoms with Crippen molar-refractivity contribution in [2.24, 2.45) is 0 Å². The smallest absolute Gasteiger partial charge is 0.322 e. The van der Waals surface area contributed by atoms with Crippen molar-refractivity contribution in [3.8, 4) is 22.9 Å². The molecule has 1 saturated heterocycles. The molecule has 9 heteroatoms. The average molecular weight is 453 g/mol. The lowest BCUT2D eigenvalue weighted by molar-refractivity contribution is -0.124. The number of methoxy groups -OCH3 is 1. The van der Waals surface area contributed by atoms with Crippen LogP contribution in [0.1, 0.15) is 27.2 Å². The molecule has 4 amide bonds. The van der Waals surface area contributed by atoms with Gasteiger partial charge in [-0.05, 0) is 41.0 Å². The molecular formula is C25H19N5O4. The summed E-state index contributed by atoms with van der Waals surface area (Å²) in [5.74, 6) is -0.211. The minimum Gasteiger partial charge on any atom is -0.497 e. The maximum absolute atomic E-state index is 13.1. The van der Waals surface area contributed by atoms with Gasteiger partial charge >= 0.3 is 6.03 Å². The molecule has 3 aromatic rings. The van der Waals surface area contributed by atoms with Crippen LogP contribution in [0, 0.1) is 11.3 Å². The van der Waals surface area contributed by atoms with Gasteiger partial charge in [-0.25, -0.2) is 9.78 Å². The van der Waals surface area contributed by atoms with E-state index in [1.807, 2.05) is 6.07 Å². The van der Waals surface area contributed by atoms with Crippen LogP contribution in [0.25, 0.3) is 11.1 Å². The number of carbonyl (C=O) groups excluding carboxylic acids is 3. The van der Waals surface area contributed by atoms with E-state index in [-0.39, 0.29) is 18.1 Å².